The number of carboxylic acids is 1. The molecule has 0 radical (unpaired) electrons. The number of nitrogens with zero attached hydrogens (tertiary/aromatic N) is 2. The molecular formula is C27H18N2O5S2. The summed E-state index contributed by atoms with van der Waals surface area (Å²) in [6.07, 6.45) is 0. The van der Waals surface area contributed by atoms with Crippen molar-refractivity contribution in [2.45, 2.75) is 4.90 Å². The Bertz CT molecular complexity index is 1730. The maximum Gasteiger partial charge on any atom is 0.341 e. The van der Waals surface area contributed by atoms with E-state index >= 15 is 0 Å². The highest BCUT2D eigenvalue weighted by atomic mass is 32.2. The van der Waals surface area contributed by atoms with Crippen LogP contribution in [0.3, 0.4) is 0 Å². The molecular weight excluding hydrogens is 496 g/mol. The van der Waals surface area contributed by atoms with E-state index in [4.69, 9.17) is 9.84 Å². The number of rotatable bonds is 7. The highest BCUT2D eigenvalue weighted by Crippen LogP contribution is 2.44. The minimum Gasteiger partial charge on any atom is -0.482 e. The van der Waals surface area contributed by atoms with Gasteiger partial charge in [0.1, 0.15) is 16.7 Å². The molecule has 0 aliphatic rings. The van der Waals surface area contributed by atoms with E-state index in [1.54, 1.807) is 12.1 Å². The van der Waals surface area contributed by atoms with Gasteiger partial charge in [0, 0.05) is 16.5 Å². The van der Waals surface area contributed by atoms with Crippen LogP contribution in [0.2, 0.25) is 0 Å². The minimum absolute atomic E-state index is 0.0143. The van der Waals surface area contributed by atoms with Crippen molar-refractivity contribution >= 4 is 38.2 Å². The number of para-hydroxylation sites is 1. The summed E-state index contributed by atoms with van der Waals surface area (Å²) in [4.78, 5) is 11.3. The third-order valence-electron chi connectivity index (χ3n) is 5.64. The molecule has 36 heavy (non-hydrogen) atoms. The van der Waals surface area contributed by atoms with Crippen molar-refractivity contribution < 1.29 is 23.1 Å². The number of hydrogen-bond donors (Lipinski definition) is 1. The molecule has 178 valence electrons. The van der Waals surface area contributed by atoms with Crippen LogP contribution in [-0.2, 0) is 14.8 Å². The average Bonchev–Trinajstić information content (AvgIpc) is 3.50. The normalized spacial score (nSPS) is 11.3. The summed E-state index contributed by atoms with van der Waals surface area (Å²) in [5.41, 5.74) is 2.96. The van der Waals surface area contributed by atoms with Crippen molar-refractivity contribution in [2.24, 2.45) is 0 Å². The summed E-state index contributed by atoms with van der Waals surface area (Å²) < 4.78 is 34.7. The van der Waals surface area contributed by atoms with Gasteiger partial charge in [-0.25, -0.2) is 17.2 Å². The third-order valence-corrected chi connectivity index (χ3v) is 8.19. The summed E-state index contributed by atoms with van der Waals surface area (Å²) in [6, 6.07) is 26.1. The van der Waals surface area contributed by atoms with Gasteiger partial charge < -0.3 is 9.84 Å². The number of hydrogen-bond acceptors (Lipinski definition) is 6. The number of benzene rings is 3. The number of nitriles is 1. The molecule has 7 nitrogen and oxygen atoms in total. The Balaban J connectivity index is 1.80. The first-order valence-electron chi connectivity index (χ1n) is 10.8. The van der Waals surface area contributed by atoms with Gasteiger partial charge in [-0.2, -0.15) is 5.26 Å². The van der Waals surface area contributed by atoms with Crippen LogP contribution in [0.5, 0.6) is 5.75 Å². The van der Waals surface area contributed by atoms with Crippen LogP contribution < -0.4 is 4.74 Å². The number of carbonyl (C=O) groups is 1. The zero-order chi connectivity index (χ0) is 25.3. The molecule has 0 aliphatic heterocycles. The van der Waals surface area contributed by atoms with Crippen molar-refractivity contribution in [1.29, 1.82) is 5.26 Å². The highest BCUT2D eigenvalue weighted by molar-refractivity contribution is 7.90. The van der Waals surface area contributed by atoms with E-state index in [9.17, 15) is 18.5 Å². The Morgan fingerprint density at radius 3 is 2.36 bits per heavy atom. The Kier molecular flexibility index (Phi) is 6.06. The quantitative estimate of drug-likeness (QED) is 0.302. The second kappa shape index (κ2) is 9.34. The van der Waals surface area contributed by atoms with Crippen molar-refractivity contribution in [2.75, 3.05) is 6.61 Å². The van der Waals surface area contributed by atoms with Crippen LogP contribution in [0, 0.1) is 11.3 Å². The Morgan fingerprint density at radius 1 is 0.972 bits per heavy atom. The van der Waals surface area contributed by atoms with E-state index in [-0.39, 0.29) is 10.6 Å². The standard InChI is InChI=1S/C27H18N2O5S2/c28-16-24-22(14-15-35-24)26-21-8-4-5-9-23(21)29(27(26)18-6-2-1-3-7-18)36(32,33)20-12-10-19(11-13-20)34-17-25(30)31/h1-15H,17H2,(H,30,31). The summed E-state index contributed by atoms with van der Waals surface area (Å²) >= 11 is 1.30. The molecule has 0 aliphatic carbocycles. The smallest absolute Gasteiger partial charge is 0.341 e. The molecule has 0 saturated heterocycles. The number of fused-ring (bicyclic) bond motifs is 1. The van der Waals surface area contributed by atoms with Crippen LogP contribution in [0.1, 0.15) is 4.88 Å². The molecule has 3 aromatic carbocycles. The molecule has 0 spiro atoms. The molecule has 0 atom stereocenters. The van der Waals surface area contributed by atoms with Gasteiger partial charge in [-0.1, -0.05) is 48.5 Å². The first-order chi connectivity index (χ1) is 17.4. The van der Waals surface area contributed by atoms with E-state index in [1.165, 1.54) is 39.6 Å². The maximum atomic E-state index is 14.1. The first-order valence-corrected chi connectivity index (χ1v) is 13.1. The molecule has 5 rings (SSSR count). The topological polar surface area (TPSA) is 109 Å². The van der Waals surface area contributed by atoms with Gasteiger partial charge in [0.2, 0.25) is 0 Å². The van der Waals surface area contributed by atoms with E-state index in [1.807, 2.05) is 53.9 Å². The summed E-state index contributed by atoms with van der Waals surface area (Å²) in [5.74, 6) is -0.884. The number of aliphatic carboxylic acids is 1. The van der Waals surface area contributed by atoms with Crippen LogP contribution >= 0.6 is 11.3 Å². The first kappa shape index (κ1) is 23.4. The summed E-state index contributed by atoms with van der Waals surface area (Å²) in [7, 11) is -4.12. The molecule has 9 heteroatoms. The van der Waals surface area contributed by atoms with Gasteiger partial charge in [-0.05, 0) is 47.3 Å². The van der Waals surface area contributed by atoms with Crippen LogP contribution in [0.15, 0.2) is 95.2 Å². The zero-order valence-corrected chi connectivity index (χ0v) is 20.3. The largest absolute Gasteiger partial charge is 0.482 e. The van der Waals surface area contributed by atoms with Crippen molar-refractivity contribution in [3.8, 4) is 34.2 Å². The molecule has 0 saturated carbocycles. The zero-order valence-electron chi connectivity index (χ0n) is 18.7. The number of thiophene rings is 1. The molecule has 0 unspecified atom stereocenters. The molecule has 2 heterocycles. The molecule has 2 aromatic heterocycles. The fourth-order valence-electron chi connectivity index (χ4n) is 4.14. The minimum atomic E-state index is -4.12. The second-order valence-corrected chi connectivity index (χ2v) is 10.5. The molecule has 0 bridgehead atoms. The van der Waals surface area contributed by atoms with E-state index < -0.39 is 22.6 Å². The molecule has 5 aromatic rings. The number of aromatic nitrogens is 1. The van der Waals surface area contributed by atoms with E-state index in [2.05, 4.69) is 6.07 Å². The van der Waals surface area contributed by atoms with Crippen molar-refractivity contribution in [3.05, 3.63) is 95.2 Å². The Labute approximate surface area is 211 Å². The van der Waals surface area contributed by atoms with Gasteiger partial charge in [-0.15, -0.1) is 11.3 Å². The fourth-order valence-corrected chi connectivity index (χ4v) is 6.38. The van der Waals surface area contributed by atoms with E-state index in [0.29, 0.717) is 38.2 Å². The Hall–Kier alpha value is -4.39. The maximum absolute atomic E-state index is 14.1. The molecule has 0 amide bonds. The fraction of sp³-hybridized carbons (Fsp3) is 0.0370. The predicted octanol–water partition coefficient (Wildman–Crippen LogP) is 5.61. The predicted molar refractivity (Wildman–Crippen MR) is 138 cm³/mol. The third kappa shape index (κ3) is 4.02. The van der Waals surface area contributed by atoms with Gasteiger partial charge in [-0.3, -0.25) is 0 Å². The highest BCUT2D eigenvalue weighted by Gasteiger charge is 2.29. The molecule has 1 N–H and O–H groups in total. The van der Waals surface area contributed by atoms with Crippen molar-refractivity contribution in [3.63, 3.8) is 0 Å². The van der Waals surface area contributed by atoms with Crippen LogP contribution in [0.25, 0.3) is 33.3 Å². The molecule has 0 fully saturated rings. The lowest BCUT2D eigenvalue weighted by Gasteiger charge is -2.14. The number of carboxylic acid groups (broad SMARTS) is 1. The number of ether oxygens (including phenoxy) is 1. The monoisotopic (exact) mass is 514 g/mol. The van der Waals surface area contributed by atoms with Gasteiger partial charge in [0.15, 0.2) is 6.61 Å². The lowest BCUT2D eigenvalue weighted by Crippen LogP contribution is -2.14. The summed E-state index contributed by atoms with van der Waals surface area (Å²) in [6.45, 7) is -0.530. The van der Waals surface area contributed by atoms with E-state index in [0.717, 1.165) is 0 Å². The SMILES string of the molecule is N#Cc1sccc1-c1c(-c2ccccc2)n(S(=O)(=O)c2ccc(OCC(=O)O)cc2)c2ccccc12. The Morgan fingerprint density at radius 2 is 1.67 bits per heavy atom. The lowest BCUT2D eigenvalue weighted by atomic mass is 9.99. The van der Waals surface area contributed by atoms with Crippen LogP contribution in [-0.4, -0.2) is 30.1 Å². The van der Waals surface area contributed by atoms with Gasteiger partial charge in [0.25, 0.3) is 10.0 Å². The lowest BCUT2D eigenvalue weighted by molar-refractivity contribution is -0.139. The average molecular weight is 515 g/mol. The van der Waals surface area contributed by atoms with Gasteiger partial charge >= 0.3 is 5.97 Å². The summed E-state index contributed by atoms with van der Waals surface area (Å²) in [5, 5.41) is 21.1. The van der Waals surface area contributed by atoms with Crippen LogP contribution in [0.4, 0.5) is 0 Å². The van der Waals surface area contributed by atoms with Gasteiger partial charge in [0.05, 0.1) is 16.1 Å². The second-order valence-electron chi connectivity index (χ2n) is 7.81. The van der Waals surface area contributed by atoms with Crippen molar-refractivity contribution in [1.82, 2.24) is 3.97 Å².